The van der Waals surface area contributed by atoms with Gasteiger partial charge in [-0.3, -0.25) is 9.59 Å². The second-order valence-electron chi connectivity index (χ2n) is 5.30. The van der Waals surface area contributed by atoms with Gasteiger partial charge in [0.25, 0.3) is 0 Å². The van der Waals surface area contributed by atoms with E-state index in [1.54, 1.807) is 12.0 Å². The zero-order chi connectivity index (χ0) is 15.4. The third-order valence-corrected chi connectivity index (χ3v) is 3.73. The monoisotopic (exact) mass is 290 g/mol. The molecule has 1 aromatic carbocycles. The standard InChI is InChI=1S/C16H22N2O3/c1-4-5-13-16(20)18(9-8-15(19)17-13)12-6-7-14(21-3)11(2)10-12/h6-7,10,13H,4-5,8-9H2,1-3H3,(H,17,19). The van der Waals surface area contributed by atoms with E-state index < -0.39 is 6.04 Å². The van der Waals surface area contributed by atoms with Crippen LogP contribution in [0.3, 0.4) is 0 Å². The van der Waals surface area contributed by atoms with E-state index in [4.69, 9.17) is 4.74 Å². The van der Waals surface area contributed by atoms with Gasteiger partial charge in [0.15, 0.2) is 0 Å². The number of nitrogens with zero attached hydrogens (tertiary/aromatic N) is 1. The maximum Gasteiger partial charge on any atom is 0.249 e. The first-order valence-electron chi connectivity index (χ1n) is 7.32. The van der Waals surface area contributed by atoms with Crippen LogP contribution < -0.4 is 15.0 Å². The van der Waals surface area contributed by atoms with Gasteiger partial charge >= 0.3 is 0 Å². The van der Waals surface area contributed by atoms with E-state index in [-0.39, 0.29) is 11.8 Å². The average molecular weight is 290 g/mol. The Hall–Kier alpha value is -2.04. The molecule has 1 saturated heterocycles. The molecule has 0 spiro atoms. The number of methoxy groups -OCH3 is 1. The second kappa shape index (κ2) is 6.61. The summed E-state index contributed by atoms with van der Waals surface area (Å²) < 4.78 is 5.25. The molecule has 1 atom stereocenters. The molecule has 1 N–H and O–H groups in total. The molecule has 1 aromatic rings. The summed E-state index contributed by atoms with van der Waals surface area (Å²) in [6.45, 7) is 4.36. The number of nitrogens with one attached hydrogen (secondary N) is 1. The van der Waals surface area contributed by atoms with Crippen molar-refractivity contribution in [1.29, 1.82) is 0 Å². The van der Waals surface area contributed by atoms with Crippen LogP contribution >= 0.6 is 0 Å². The second-order valence-corrected chi connectivity index (χ2v) is 5.30. The summed E-state index contributed by atoms with van der Waals surface area (Å²) in [6, 6.07) is 5.22. The molecule has 0 bridgehead atoms. The van der Waals surface area contributed by atoms with Gasteiger partial charge in [0.2, 0.25) is 11.8 Å². The number of carbonyl (C=O) groups excluding carboxylic acids is 2. The molecule has 2 rings (SSSR count). The molecular weight excluding hydrogens is 268 g/mol. The van der Waals surface area contributed by atoms with E-state index in [1.807, 2.05) is 32.0 Å². The lowest BCUT2D eigenvalue weighted by atomic mass is 10.1. The van der Waals surface area contributed by atoms with Crippen LogP contribution in [0.25, 0.3) is 0 Å². The average Bonchev–Trinajstić information content (AvgIpc) is 2.59. The molecule has 5 nitrogen and oxygen atoms in total. The van der Waals surface area contributed by atoms with Crippen LogP contribution in [0.2, 0.25) is 0 Å². The van der Waals surface area contributed by atoms with Gasteiger partial charge < -0.3 is 15.0 Å². The predicted molar refractivity (Wildman–Crippen MR) is 81.5 cm³/mol. The number of benzene rings is 1. The molecule has 2 amide bonds. The van der Waals surface area contributed by atoms with Gasteiger partial charge in [-0.15, -0.1) is 0 Å². The minimum atomic E-state index is -0.424. The zero-order valence-corrected chi connectivity index (χ0v) is 12.8. The number of rotatable bonds is 4. The summed E-state index contributed by atoms with van der Waals surface area (Å²) in [5.74, 6) is 0.696. The predicted octanol–water partition coefficient (Wildman–Crippen LogP) is 2.03. The quantitative estimate of drug-likeness (QED) is 0.923. The van der Waals surface area contributed by atoms with Crippen molar-refractivity contribution in [1.82, 2.24) is 5.32 Å². The maximum absolute atomic E-state index is 12.6. The summed E-state index contributed by atoms with van der Waals surface area (Å²) in [6.07, 6.45) is 1.85. The fourth-order valence-electron chi connectivity index (χ4n) is 2.61. The highest BCUT2D eigenvalue weighted by Gasteiger charge is 2.30. The minimum Gasteiger partial charge on any atom is -0.496 e. The number of aryl methyl sites for hydroxylation is 1. The van der Waals surface area contributed by atoms with Crippen molar-refractivity contribution in [3.05, 3.63) is 23.8 Å². The lowest BCUT2D eigenvalue weighted by Gasteiger charge is -2.24. The molecular formula is C16H22N2O3. The van der Waals surface area contributed by atoms with E-state index >= 15 is 0 Å². The molecule has 1 heterocycles. The van der Waals surface area contributed by atoms with E-state index in [0.717, 1.165) is 23.4 Å². The number of anilines is 1. The SMILES string of the molecule is CCCC1NC(=O)CCN(c2ccc(OC)c(C)c2)C1=O. The Balaban J connectivity index is 2.30. The maximum atomic E-state index is 12.6. The Labute approximate surface area is 125 Å². The Bertz CT molecular complexity index is 542. The van der Waals surface area contributed by atoms with Crippen LogP contribution in [-0.2, 0) is 9.59 Å². The number of amides is 2. The number of hydrogen-bond acceptors (Lipinski definition) is 3. The Morgan fingerprint density at radius 1 is 1.38 bits per heavy atom. The summed E-state index contributed by atoms with van der Waals surface area (Å²) in [5.41, 5.74) is 1.79. The summed E-state index contributed by atoms with van der Waals surface area (Å²) >= 11 is 0. The minimum absolute atomic E-state index is 0.0349. The first kappa shape index (κ1) is 15.4. The number of ether oxygens (including phenoxy) is 1. The Morgan fingerprint density at radius 2 is 2.14 bits per heavy atom. The summed E-state index contributed by atoms with van der Waals surface area (Å²) in [4.78, 5) is 26.1. The van der Waals surface area contributed by atoms with Crippen molar-refractivity contribution in [2.45, 2.75) is 39.2 Å². The van der Waals surface area contributed by atoms with E-state index in [1.165, 1.54) is 0 Å². The molecule has 1 fully saturated rings. The third kappa shape index (κ3) is 3.35. The molecule has 0 radical (unpaired) electrons. The largest absolute Gasteiger partial charge is 0.496 e. The highest BCUT2D eigenvalue weighted by Crippen LogP contribution is 2.26. The third-order valence-electron chi connectivity index (χ3n) is 3.73. The Kier molecular flexibility index (Phi) is 4.83. The number of hydrogen-bond donors (Lipinski definition) is 1. The van der Waals surface area contributed by atoms with Gasteiger partial charge in [-0.1, -0.05) is 13.3 Å². The van der Waals surface area contributed by atoms with Gasteiger partial charge in [-0.25, -0.2) is 0 Å². The Morgan fingerprint density at radius 3 is 2.76 bits per heavy atom. The highest BCUT2D eigenvalue weighted by atomic mass is 16.5. The van der Waals surface area contributed by atoms with Crippen molar-refractivity contribution in [2.75, 3.05) is 18.6 Å². The van der Waals surface area contributed by atoms with Crippen molar-refractivity contribution in [2.24, 2.45) is 0 Å². The topological polar surface area (TPSA) is 58.6 Å². The zero-order valence-electron chi connectivity index (χ0n) is 12.8. The van der Waals surface area contributed by atoms with Gasteiger partial charge in [-0.2, -0.15) is 0 Å². The van der Waals surface area contributed by atoms with Crippen LogP contribution in [-0.4, -0.2) is 31.5 Å². The van der Waals surface area contributed by atoms with Crippen molar-refractivity contribution < 1.29 is 14.3 Å². The van der Waals surface area contributed by atoms with Crippen molar-refractivity contribution in [3.63, 3.8) is 0 Å². The van der Waals surface area contributed by atoms with Crippen molar-refractivity contribution in [3.8, 4) is 5.75 Å². The van der Waals surface area contributed by atoms with Gasteiger partial charge in [0.1, 0.15) is 11.8 Å². The molecule has 0 aromatic heterocycles. The molecule has 1 unspecified atom stereocenters. The van der Waals surface area contributed by atoms with Crippen LogP contribution in [0.15, 0.2) is 18.2 Å². The normalized spacial score (nSPS) is 19.2. The molecule has 0 saturated carbocycles. The lowest BCUT2D eigenvalue weighted by Crippen LogP contribution is -2.44. The summed E-state index contributed by atoms with van der Waals surface area (Å²) in [7, 11) is 1.62. The molecule has 1 aliphatic heterocycles. The molecule has 114 valence electrons. The highest BCUT2D eigenvalue weighted by molar-refractivity contribution is 6.01. The van der Waals surface area contributed by atoms with Gasteiger partial charge in [0, 0.05) is 18.7 Å². The van der Waals surface area contributed by atoms with E-state index in [9.17, 15) is 9.59 Å². The lowest BCUT2D eigenvalue weighted by molar-refractivity contribution is -0.125. The summed E-state index contributed by atoms with van der Waals surface area (Å²) in [5, 5.41) is 2.81. The molecule has 1 aliphatic rings. The van der Waals surface area contributed by atoms with Crippen LogP contribution in [0, 0.1) is 6.92 Å². The first-order valence-corrected chi connectivity index (χ1v) is 7.32. The van der Waals surface area contributed by atoms with Crippen molar-refractivity contribution >= 4 is 17.5 Å². The van der Waals surface area contributed by atoms with Gasteiger partial charge in [-0.05, 0) is 37.1 Å². The van der Waals surface area contributed by atoms with Crippen LogP contribution in [0.1, 0.15) is 31.7 Å². The molecule has 5 heteroatoms. The van der Waals surface area contributed by atoms with Crippen LogP contribution in [0.4, 0.5) is 5.69 Å². The van der Waals surface area contributed by atoms with E-state index in [2.05, 4.69) is 5.32 Å². The fourth-order valence-corrected chi connectivity index (χ4v) is 2.61. The molecule has 0 aliphatic carbocycles. The first-order chi connectivity index (χ1) is 10.1. The molecule has 21 heavy (non-hydrogen) atoms. The van der Waals surface area contributed by atoms with Gasteiger partial charge in [0.05, 0.1) is 7.11 Å². The fraction of sp³-hybridized carbons (Fsp3) is 0.500. The number of carbonyl (C=O) groups is 2. The smallest absolute Gasteiger partial charge is 0.249 e. The van der Waals surface area contributed by atoms with Crippen LogP contribution in [0.5, 0.6) is 5.75 Å². The van der Waals surface area contributed by atoms with E-state index in [0.29, 0.717) is 19.4 Å².